The van der Waals surface area contributed by atoms with Gasteiger partial charge in [0.05, 0.1) is 0 Å². The lowest BCUT2D eigenvalue weighted by atomic mass is 10.0. The number of hydrogen-bond acceptors (Lipinski definition) is 6. The van der Waals surface area contributed by atoms with E-state index in [1.807, 2.05) is 0 Å². The van der Waals surface area contributed by atoms with Gasteiger partial charge in [0, 0.05) is 19.3 Å². The topological polar surface area (TPSA) is 78.9 Å². The molecule has 0 aromatic carbocycles. The van der Waals surface area contributed by atoms with Crippen LogP contribution in [0.15, 0.2) is 72.9 Å². The van der Waals surface area contributed by atoms with Crippen LogP contribution in [0.3, 0.4) is 0 Å². The fraction of sp³-hybridized carbons (Fsp3) is 0.769. The zero-order chi connectivity index (χ0) is 51.4. The van der Waals surface area contributed by atoms with Crippen LogP contribution in [-0.4, -0.2) is 37.2 Å². The average Bonchev–Trinajstić information content (AvgIpc) is 3.37. The van der Waals surface area contributed by atoms with Crippen molar-refractivity contribution in [1.29, 1.82) is 0 Å². The van der Waals surface area contributed by atoms with Gasteiger partial charge >= 0.3 is 17.9 Å². The third kappa shape index (κ3) is 57.6. The lowest BCUT2D eigenvalue weighted by Crippen LogP contribution is -2.30. The Hall–Kier alpha value is -3.15. The van der Waals surface area contributed by atoms with Crippen molar-refractivity contribution in [2.75, 3.05) is 13.2 Å². The van der Waals surface area contributed by atoms with E-state index in [-0.39, 0.29) is 37.5 Å². The number of carbonyl (C=O) groups is 3. The third-order valence-electron chi connectivity index (χ3n) is 13.2. The first kappa shape index (κ1) is 67.8. The predicted octanol–water partition coefficient (Wildman–Crippen LogP) is 20.5. The summed E-state index contributed by atoms with van der Waals surface area (Å²) in [7, 11) is 0. The molecule has 6 heteroatoms. The lowest BCUT2D eigenvalue weighted by molar-refractivity contribution is -0.167. The van der Waals surface area contributed by atoms with E-state index in [0.717, 1.165) is 77.0 Å². The number of carbonyl (C=O) groups excluding carboxylic acids is 3. The molecule has 1 atom stereocenters. The molecule has 6 nitrogen and oxygen atoms in total. The van der Waals surface area contributed by atoms with Crippen LogP contribution in [0.2, 0.25) is 0 Å². The molecule has 0 saturated carbocycles. The maximum absolute atomic E-state index is 12.9. The summed E-state index contributed by atoms with van der Waals surface area (Å²) in [5.41, 5.74) is 0. The Morgan fingerprint density at radius 2 is 0.563 bits per heavy atom. The monoisotopic (exact) mass is 991 g/mol. The second kappa shape index (κ2) is 59.4. The maximum atomic E-state index is 12.9. The van der Waals surface area contributed by atoms with Gasteiger partial charge in [-0.15, -0.1) is 0 Å². The zero-order valence-electron chi connectivity index (χ0n) is 47.0. The highest BCUT2D eigenvalue weighted by atomic mass is 16.6. The van der Waals surface area contributed by atoms with Crippen LogP contribution in [0, 0.1) is 0 Å². The number of esters is 3. The number of unbranched alkanes of at least 4 members (excludes halogenated alkanes) is 32. The van der Waals surface area contributed by atoms with E-state index in [2.05, 4.69) is 93.7 Å². The van der Waals surface area contributed by atoms with Gasteiger partial charge in [0.15, 0.2) is 6.10 Å². The van der Waals surface area contributed by atoms with Crippen molar-refractivity contribution in [3.63, 3.8) is 0 Å². The van der Waals surface area contributed by atoms with Crippen molar-refractivity contribution < 1.29 is 28.6 Å². The van der Waals surface area contributed by atoms with Crippen LogP contribution < -0.4 is 0 Å². The van der Waals surface area contributed by atoms with Crippen LogP contribution in [-0.2, 0) is 28.6 Å². The molecule has 0 spiro atoms. The Labute approximate surface area is 440 Å². The average molecular weight is 992 g/mol. The van der Waals surface area contributed by atoms with Gasteiger partial charge in [-0.3, -0.25) is 14.4 Å². The Morgan fingerprint density at radius 3 is 0.901 bits per heavy atom. The highest BCUT2D eigenvalue weighted by Gasteiger charge is 2.19. The fourth-order valence-corrected chi connectivity index (χ4v) is 8.65. The van der Waals surface area contributed by atoms with Crippen molar-refractivity contribution in [1.82, 2.24) is 0 Å². The molecule has 0 bridgehead atoms. The quantitative estimate of drug-likeness (QED) is 0.0261. The molecule has 0 fully saturated rings. The summed E-state index contributed by atoms with van der Waals surface area (Å²) in [6.07, 6.45) is 76.2. The van der Waals surface area contributed by atoms with E-state index >= 15 is 0 Å². The van der Waals surface area contributed by atoms with Gasteiger partial charge in [0.2, 0.25) is 0 Å². The fourth-order valence-electron chi connectivity index (χ4n) is 8.65. The Kier molecular flexibility index (Phi) is 56.8. The molecule has 1 unspecified atom stereocenters. The van der Waals surface area contributed by atoms with E-state index in [0.29, 0.717) is 19.3 Å². The first-order valence-corrected chi connectivity index (χ1v) is 30.4. The predicted molar refractivity (Wildman–Crippen MR) is 307 cm³/mol. The standard InChI is InChI=1S/C65H114O6/c1-4-7-10-13-16-19-22-25-28-31-32-35-37-40-43-46-49-52-55-58-64(67)70-61-62(71-65(68)59-56-53-50-47-44-41-38-34-30-27-24-21-18-15-12-9-6-3)60-69-63(66)57-54-51-48-45-42-39-36-33-29-26-23-20-17-14-11-8-5-2/h7,10,16,19,25,27-28,30,38,41,47,50,62H,4-6,8-9,11-15,17-18,20-24,26,29,31-37,39-40,42-46,48-49,51-61H2,1-3H3/b10-7-,19-16-,28-25-,30-27-,41-38-,50-47-. The molecule has 0 aliphatic rings. The third-order valence-corrected chi connectivity index (χ3v) is 13.2. The molecular formula is C65H114O6. The Balaban J connectivity index is 4.43. The number of rotatable bonds is 55. The summed E-state index contributed by atoms with van der Waals surface area (Å²) >= 11 is 0. The summed E-state index contributed by atoms with van der Waals surface area (Å²) in [5.74, 6) is -0.939. The van der Waals surface area contributed by atoms with Crippen LogP contribution in [0.25, 0.3) is 0 Å². The van der Waals surface area contributed by atoms with Crippen molar-refractivity contribution in [3.05, 3.63) is 72.9 Å². The van der Waals surface area contributed by atoms with Crippen LogP contribution in [0.1, 0.15) is 303 Å². The van der Waals surface area contributed by atoms with Crippen molar-refractivity contribution in [3.8, 4) is 0 Å². The highest BCUT2D eigenvalue weighted by Crippen LogP contribution is 2.16. The van der Waals surface area contributed by atoms with Crippen LogP contribution >= 0.6 is 0 Å². The minimum atomic E-state index is -0.803. The number of hydrogen-bond donors (Lipinski definition) is 0. The maximum Gasteiger partial charge on any atom is 0.306 e. The van der Waals surface area contributed by atoms with Crippen molar-refractivity contribution in [2.24, 2.45) is 0 Å². The summed E-state index contributed by atoms with van der Waals surface area (Å²) in [6.45, 7) is 6.51. The number of ether oxygens (including phenoxy) is 3. The molecule has 0 heterocycles. The summed E-state index contributed by atoms with van der Waals surface area (Å²) in [4.78, 5) is 38.2. The Bertz CT molecular complexity index is 1320. The molecular weight excluding hydrogens is 877 g/mol. The molecule has 0 aliphatic carbocycles. The molecule has 71 heavy (non-hydrogen) atoms. The van der Waals surface area contributed by atoms with E-state index < -0.39 is 6.10 Å². The van der Waals surface area contributed by atoms with Gasteiger partial charge in [-0.2, -0.15) is 0 Å². The van der Waals surface area contributed by atoms with E-state index in [9.17, 15) is 14.4 Å². The molecule has 0 aliphatic heterocycles. The van der Waals surface area contributed by atoms with Gasteiger partial charge in [0.25, 0.3) is 0 Å². The molecule has 0 aromatic heterocycles. The highest BCUT2D eigenvalue weighted by molar-refractivity contribution is 5.71. The number of allylic oxidation sites excluding steroid dienone is 12. The normalized spacial score (nSPS) is 12.5. The van der Waals surface area contributed by atoms with E-state index in [1.165, 1.54) is 180 Å². The second-order valence-electron chi connectivity index (χ2n) is 20.2. The largest absolute Gasteiger partial charge is 0.462 e. The van der Waals surface area contributed by atoms with Crippen molar-refractivity contribution >= 4 is 17.9 Å². The molecule has 0 saturated heterocycles. The van der Waals surface area contributed by atoms with Crippen LogP contribution in [0.4, 0.5) is 0 Å². The van der Waals surface area contributed by atoms with Gasteiger partial charge < -0.3 is 14.2 Å². The molecule has 0 aromatic rings. The summed E-state index contributed by atoms with van der Waals surface area (Å²) in [6, 6.07) is 0. The first-order chi connectivity index (χ1) is 35.0. The van der Waals surface area contributed by atoms with Gasteiger partial charge in [-0.25, -0.2) is 0 Å². The summed E-state index contributed by atoms with van der Waals surface area (Å²) < 4.78 is 16.9. The molecule has 410 valence electrons. The van der Waals surface area contributed by atoms with Gasteiger partial charge in [-0.05, 0) is 83.5 Å². The molecule has 0 radical (unpaired) electrons. The summed E-state index contributed by atoms with van der Waals surface area (Å²) in [5, 5.41) is 0. The van der Waals surface area contributed by atoms with E-state index in [4.69, 9.17) is 14.2 Å². The van der Waals surface area contributed by atoms with E-state index in [1.54, 1.807) is 0 Å². The second-order valence-corrected chi connectivity index (χ2v) is 20.2. The smallest absolute Gasteiger partial charge is 0.306 e. The lowest BCUT2D eigenvalue weighted by Gasteiger charge is -2.18. The molecule has 0 N–H and O–H groups in total. The van der Waals surface area contributed by atoms with Gasteiger partial charge in [0.1, 0.15) is 13.2 Å². The Morgan fingerprint density at radius 1 is 0.296 bits per heavy atom. The molecule has 0 rings (SSSR count). The SMILES string of the molecule is CC/C=C\C/C=C\C/C=C\CCCCCCCCCCCC(=O)OCC(COC(=O)CCCCCCCCCCCCCCCCCCC)OC(=O)CCC/C=C\C/C=C\C/C=C\CCCCCCCC. The molecule has 0 amide bonds. The first-order valence-electron chi connectivity index (χ1n) is 30.4. The van der Waals surface area contributed by atoms with Crippen molar-refractivity contribution in [2.45, 2.75) is 309 Å². The van der Waals surface area contributed by atoms with Gasteiger partial charge in [-0.1, -0.05) is 273 Å². The zero-order valence-corrected chi connectivity index (χ0v) is 47.0. The van der Waals surface area contributed by atoms with Crippen LogP contribution in [0.5, 0.6) is 0 Å². The minimum absolute atomic E-state index is 0.0942. The minimum Gasteiger partial charge on any atom is -0.462 e.